The number of allylic oxidation sites excluding steroid dienone is 3. The van der Waals surface area contributed by atoms with Gasteiger partial charge in [0.2, 0.25) is 0 Å². The number of fused-ring (bicyclic) bond motifs is 1. The molecule has 4 fully saturated rings. The highest BCUT2D eigenvalue weighted by Gasteiger charge is 2.52. The van der Waals surface area contributed by atoms with Crippen molar-refractivity contribution in [1.29, 1.82) is 0 Å². The van der Waals surface area contributed by atoms with Crippen molar-refractivity contribution >= 4 is 5.97 Å². The predicted molar refractivity (Wildman–Crippen MR) is 124 cm³/mol. The molecule has 0 amide bonds. The first-order chi connectivity index (χ1) is 15.0. The van der Waals surface area contributed by atoms with E-state index in [1.807, 2.05) is 0 Å². The lowest BCUT2D eigenvalue weighted by Gasteiger charge is -2.44. The average Bonchev–Trinajstić information content (AvgIpc) is 3.18. The van der Waals surface area contributed by atoms with Gasteiger partial charge in [0.1, 0.15) is 6.10 Å². The van der Waals surface area contributed by atoms with Gasteiger partial charge >= 0.3 is 5.97 Å². The number of carbonyl (C=O) groups excluding carboxylic acids is 1. The van der Waals surface area contributed by atoms with Crippen molar-refractivity contribution in [2.24, 2.45) is 23.2 Å². The van der Waals surface area contributed by atoms with Gasteiger partial charge in [0.15, 0.2) is 5.60 Å². The molecular weight excluding hydrogens is 404 g/mol. The molecule has 1 aliphatic heterocycles. The van der Waals surface area contributed by atoms with Gasteiger partial charge < -0.3 is 20.1 Å². The summed E-state index contributed by atoms with van der Waals surface area (Å²) in [5.74, 6) is 1.06. The highest BCUT2D eigenvalue weighted by atomic mass is 16.6. The van der Waals surface area contributed by atoms with Crippen molar-refractivity contribution in [2.75, 3.05) is 0 Å². The number of ether oxygens (including phenoxy) is 1. The molecule has 1 heterocycles. The Labute approximate surface area is 192 Å². The third-order valence-electron chi connectivity index (χ3n) is 8.96. The van der Waals surface area contributed by atoms with Gasteiger partial charge in [-0.3, -0.25) is 0 Å². The molecule has 0 radical (unpaired) electrons. The molecular formula is C27H40O5. The molecule has 178 valence electrons. The Kier molecular flexibility index (Phi) is 6.47. The summed E-state index contributed by atoms with van der Waals surface area (Å²) in [6.45, 7) is 10.3. The molecule has 4 rings (SSSR count). The van der Waals surface area contributed by atoms with E-state index in [1.54, 1.807) is 6.92 Å². The standard InChI is InChI=1S/C27H40O5/c1-16(12-21-15-27(4,31)25(30)32-21)22-9-10-23-18(6-5-11-26(22,23)3)7-8-19-13-20(28)14-24(29)17(19)2/h7-8,16,20-24,28-29,31H,2,5-6,9-15H2,1,3-4H3/b18-7+,19-8-/t16-,20-,21?,22+,23-,24+,26+,27?/m1/s1. The zero-order chi connectivity index (χ0) is 23.3. The van der Waals surface area contributed by atoms with E-state index in [0.717, 1.165) is 24.0 Å². The molecule has 3 N–H and O–H groups in total. The summed E-state index contributed by atoms with van der Waals surface area (Å²) < 4.78 is 5.47. The number of cyclic esters (lactones) is 1. The lowest BCUT2D eigenvalue weighted by atomic mass is 9.60. The van der Waals surface area contributed by atoms with Crippen molar-refractivity contribution in [3.63, 3.8) is 0 Å². The Hall–Kier alpha value is -1.43. The van der Waals surface area contributed by atoms with Crippen LogP contribution in [0.3, 0.4) is 0 Å². The molecule has 3 aliphatic carbocycles. The zero-order valence-corrected chi connectivity index (χ0v) is 19.8. The fourth-order valence-corrected chi connectivity index (χ4v) is 7.24. The van der Waals surface area contributed by atoms with Crippen LogP contribution in [0.4, 0.5) is 0 Å². The third kappa shape index (κ3) is 4.36. The number of hydrogen-bond acceptors (Lipinski definition) is 5. The molecule has 2 unspecified atom stereocenters. The molecule has 1 saturated heterocycles. The Bertz CT molecular complexity index is 824. The number of esters is 1. The first-order valence-corrected chi connectivity index (χ1v) is 12.4. The second kappa shape index (κ2) is 8.73. The summed E-state index contributed by atoms with van der Waals surface area (Å²) in [6.07, 6.45) is 11.0. The van der Waals surface area contributed by atoms with Crippen LogP contribution in [0.25, 0.3) is 0 Å². The highest BCUT2D eigenvalue weighted by Crippen LogP contribution is 2.60. The summed E-state index contributed by atoms with van der Waals surface area (Å²) in [7, 11) is 0. The van der Waals surface area contributed by atoms with Crippen molar-refractivity contribution < 1.29 is 24.9 Å². The van der Waals surface area contributed by atoms with Crippen molar-refractivity contribution in [3.8, 4) is 0 Å². The number of carbonyl (C=O) groups is 1. The molecule has 5 nitrogen and oxygen atoms in total. The first-order valence-electron chi connectivity index (χ1n) is 12.4. The minimum atomic E-state index is -1.34. The summed E-state index contributed by atoms with van der Waals surface area (Å²) in [6, 6.07) is 0. The summed E-state index contributed by atoms with van der Waals surface area (Å²) >= 11 is 0. The highest BCUT2D eigenvalue weighted by molar-refractivity contribution is 5.80. The van der Waals surface area contributed by atoms with Gasteiger partial charge in [-0.15, -0.1) is 0 Å². The zero-order valence-electron chi connectivity index (χ0n) is 19.8. The van der Waals surface area contributed by atoms with Gasteiger partial charge in [-0.1, -0.05) is 38.2 Å². The van der Waals surface area contributed by atoms with Crippen molar-refractivity contribution in [2.45, 2.75) is 102 Å². The van der Waals surface area contributed by atoms with E-state index in [-0.39, 0.29) is 11.5 Å². The molecule has 0 aromatic rings. The normalized spacial score (nSPS) is 45.9. The monoisotopic (exact) mass is 444 g/mol. The lowest BCUT2D eigenvalue weighted by molar-refractivity contribution is -0.154. The van der Waals surface area contributed by atoms with E-state index in [4.69, 9.17) is 4.74 Å². The molecule has 3 saturated carbocycles. The van der Waals surface area contributed by atoms with E-state index in [1.165, 1.54) is 31.3 Å². The molecule has 5 heteroatoms. The maximum atomic E-state index is 11.9. The summed E-state index contributed by atoms with van der Waals surface area (Å²) in [5, 5.41) is 30.4. The topological polar surface area (TPSA) is 87.0 Å². The maximum absolute atomic E-state index is 11.9. The molecule has 32 heavy (non-hydrogen) atoms. The minimum absolute atomic E-state index is 0.186. The van der Waals surface area contributed by atoms with Crippen LogP contribution in [0.15, 0.2) is 35.5 Å². The number of hydrogen-bond donors (Lipinski definition) is 3. The molecule has 0 bridgehead atoms. The summed E-state index contributed by atoms with van der Waals surface area (Å²) in [4.78, 5) is 11.9. The average molecular weight is 445 g/mol. The third-order valence-corrected chi connectivity index (χ3v) is 8.96. The van der Waals surface area contributed by atoms with Gasteiger partial charge in [0, 0.05) is 12.8 Å². The quantitative estimate of drug-likeness (QED) is 0.565. The SMILES string of the molecule is C=C1/C(=C\C=C2/CCC[C@]3(C)[C@@H]2CC[C@H]3[C@H](C)CC2CC(C)(O)C(=O)O2)C[C@@H](O)C[C@@H]1O. The molecule has 4 aliphatic rings. The second-order valence-corrected chi connectivity index (χ2v) is 11.4. The minimum Gasteiger partial charge on any atom is -0.460 e. The fourth-order valence-electron chi connectivity index (χ4n) is 7.24. The number of aliphatic hydroxyl groups is 3. The van der Waals surface area contributed by atoms with Gasteiger partial charge in [-0.05, 0) is 86.2 Å². The first kappa shape index (κ1) is 23.7. The van der Waals surface area contributed by atoms with Gasteiger partial charge in [-0.2, -0.15) is 0 Å². The fraction of sp³-hybridized carbons (Fsp3) is 0.741. The molecule has 0 aromatic carbocycles. The molecule has 0 aromatic heterocycles. The van der Waals surface area contributed by atoms with Crippen LogP contribution >= 0.6 is 0 Å². The smallest absolute Gasteiger partial charge is 0.338 e. The van der Waals surface area contributed by atoms with Crippen molar-refractivity contribution in [3.05, 3.63) is 35.5 Å². The van der Waals surface area contributed by atoms with E-state index in [9.17, 15) is 20.1 Å². The molecule has 0 spiro atoms. The maximum Gasteiger partial charge on any atom is 0.338 e. The van der Waals surface area contributed by atoms with E-state index in [0.29, 0.717) is 37.0 Å². The molecule has 8 atom stereocenters. The van der Waals surface area contributed by atoms with Crippen LogP contribution in [-0.2, 0) is 9.53 Å². The van der Waals surface area contributed by atoms with Gasteiger partial charge in [0.05, 0.1) is 12.2 Å². The largest absolute Gasteiger partial charge is 0.460 e. The van der Waals surface area contributed by atoms with Crippen molar-refractivity contribution in [1.82, 2.24) is 0 Å². The Morgan fingerprint density at radius 1 is 1.25 bits per heavy atom. The van der Waals surface area contributed by atoms with Crippen LogP contribution in [0.2, 0.25) is 0 Å². The van der Waals surface area contributed by atoms with E-state index < -0.39 is 23.8 Å². The van der Waals surface area contributed by atoms with E-state index >= 15 is 0 Å². The van der Waals surface area contributed by atoms with Crippen LogP contribution in [-0.4, -0.2) is 45.2 Å². The van der Waals surface area contributed by atoms with Crippen LogP contribution < -0.4 is 0 Å². The lowest BCUT2D eigenvalue weighted by Crippen LogP contribution is -2.36. The number of aliphatic hydroxyl groups excluding tert-OH is 2. The van der Waals surface area contributed by atoms with Crippen LogP contribution in [0.5, 0.6) is 0 Å². The van der Waals surface area contributed by atoms with Crippen LogP contribution in [0, 0.1) is 23.2 Å². The Morgan fingerprint density at radius 2 is 2.00 bits per heavy atom. The van der Waals surface area contributed by atoms with Gasteiger partial charge in [-0.25, -0.2) is 4.79 Å². The van der Waals surface area contributed by atoms with E-state index in [2.05, 4.69) is 32.6 Å². The second-order valence-electron chi connectivity index (χ2n) is 11.4. The number of rotatable bonds is 4. The van der Waals surface area contributed by atoms with Gasteiger partial charge in [0.25, 0.3) is 0 Å². The van der Waals surface area contributed by atoms with Crippen LogP contribution in [0.1, 0.15) is 78.6 Å². The Morgan fingerprint density at radius 3 is 2.69 bits per heavy atom. The Balaban J connectivity index is 1.47. The summed E-state index contributed by atoms with van der Waals surface area (Å²) in [5.41, 5.74) is 2.08. The predicted octanol–water partition coefficient (Wildman–Crippen LogP) is 4.22.